The van der Waals surface area contributed by atoms with Crippen molar-refractivity contribution in [3.63, 3.8) is 0 Å². The first-order chi connectivity index (χ1) is 5.66. The van der Waals surface area contributed by atoms with Gasteiger partial charge in [-0.25, -0.2) is 0 Å². The van der Waals surface area contributed by atoms with E-state index in [-0.39, 0.29) is 17.8 Å². The summed E-state index contributed by atoms with van der Waals surface area (Å²) in [5, 5.41) is 0. The van der Waals surface area contributed by atoms with Crippen molar-refractivity contribution in [2.45, 2.75) is 39.7 Å². The maximum absolute atomic E-state index is 11.6. The normalized spacial score (nSPS) is 19.7. The summed E-state index contributed by atoms with van der Waals surface area (Å²) in [4.78, 5) is 11.6. The Hall–Kier alpha value is -0.370. The van der Waals surface area contributed by atoms with Crippen LogP contribution in [-0.2, 0) is 9.53 Å². The second-order valence-electron chi connectivity index (χ2n) is 3.77. The van der Waals surface area contributed by atoms with Crippen LogP contribution in [-0.4, -0.2) is 18.5 Å². The Kier molecular flexibility index (Phi) is 3.27. The first-order valence-corrected chi connectivity index (χ1v) is 4.82. The maximum Gasteiger partial charge on any atom is 0.164 e. The Morgan fingerprint density at radius 3 is 2.42 bits per heavy atom. The SMILES string of the molecule is CCO[C@@H](C(=O)C(C)C)C1CC1. The van der Waals surface area contributed by atoms with Gasteiger partial charge in [-0.1, -0.05) is 13.8 Å². The van der Waals surface area contributed by atoms with E-state index in [1.165, 1.54) is 12.8 Å². The average Bonchev–Trinajstić information content (AvgIpc) is 2.81. The average molecular weight is 170 g/mol. The molecule has 0 saturated heterocycles. The minimum absolute atomic E-state index is 0.102. The fourth-order valence-corrected chi connectivity index (χ4v) is 1.36. The van der Waals surface area contributed by atoms with Gasteiger partial charge < -0.3 is 4.74 Å². The lowest BCUT2D eigenvalue weighted by atomic mass is 10.0. The topological polar surface area (TPSA) is 26.3 Å². The molecule has 70 valence electrons. The van der Waals surface area contributed by atoms with Crippen molar-refractivity contribution in [3.8, 4) is 0 Å². The Morgan fingerprint density at radius 2 is 2.08 bits per heavy atom. The summed E-state index contributed by atoms with van der Waals surface area (Å²) in [6.45, 7) is 6.48. The van der Waals surface area contributed by atoms with Crippen molar-refractivity contribution < 1.29 is 9.53 Å². The van der Waals surface area contributed by atoms with E-state index in [9.17, 15) is 4.79 Å². The third-order valence-electron chi connectivity index (χ3n) is 2.25. The van der Waals surface area contributed by atoms with Gasteiger partial charge in [-0.15, -0.1) is 0 Å². The van der Waals surface area contributed by atoms with Crippen LogP contribution < -0.4 is 0 Å². The van der Waals surface area contributed by atoms with Crippen molar-refractivity contribution in [1.82, 2.24) is 0 Å². The van der Waals surface area contributed by atoms with Gasteiger partial charge in [-0.05, 0) is 25.7 Å². The third kappa shape index (κ3) is 2.31. The zero-order valence-corrected chi connectivity index (χ0v) is 8.17. The monoisotopic (exact) mass is 170 g/mol. The highest BCUT2D eigenvalue weighted by Crippen LogP contribution is 2.35. The van der Waals surface area contributed by atoms with E-state index in [0.29, 0.717) is 12.5 Å². The van der Waals surface area contributed by atoms with E-state index in [2.05, 4.69) is 0 Å². The molecule has 1 atom stereocenters. The van der Waals surface area contributed by atoms with Gasteiger partial charge in [0.1, 0.15) is 6.10 Å². The zero-order valence-electron chi connectivity index (χ0n) is 8.17. The van der Waals surface area contributed by atoms with Crippen molar-refractivity contribution in [2.24, 2.45) is 11.8 Å². The molecule has 0 aromatic rings. The number of ether oxygens (including phenoxy) is 1. The van der Waals surface area contributed by atoms with Crippen LogP contribution in [0, 0.1) is 11.8 Å². The van der Waals surface area contributed by atoms with Gasteiger partial charge >= 0.3 is 0 Å². The molecule has 1 aliphatic rings. The van der Waals surface area contributed by atoms with E-state index in [1.807, 2.05) is 20.8 Å². The van der Waals surface area contributed by atoms with E-state index in [0.717, 1.165) is 0 Å². The first kappa shape index (κ1) is 9.72. The molecule has 2 nitrogen and oxygen atoms in total. The third-order valence-corrected chi connectivity index (χ3v) is 2.25. The highest BCUT2D eigenvalue weighted by atomic mass is 16.5. The standard InChI is InChI=1S/C10H18O2/c1-4-12-10(8-5-6-8)9(11)7(2)3/h7-8,10H,4-6H2,1-3H3/t10-/m1/s1. The van der Waals surface area contributed by atoms with E-state index < -0.39 is 0 Å². The number of carbonyl (C=O) groups excluding carboxylic acids is 1. The van der Waals surface area contributed by atoms with Crippen LogP contribution >= 0.6 is 0 Å². The van der Waals surface area contributed by atoms with Crippen molar-refractivity contribution in [3.05, 3.63) is 0 Å². The van der Waals surface area contributed by atoms with Crippen LogP contribution in [0.2, 0.25) is 0 Å². The lowest BCUT2D eigenvalue weighted by molar-refractivity contribution is -0.134. The van der Waals surface area contributed by atoms with Crippen molar-refractivity contribution in [1.29, 1.82) is 0 Å². The molecule has 0 amide bonds. The smallest absolute Gasteiger partial charge is 0.164 e. The van der Waals surface area contributed by atoms with Crippen LogP contribution in [0.4, 0.5) is 0 Å². The zero-order chi connectivity index (χ0) is 9.14. The van der Waals surface area contributed by atoms with E-state index in [4.69, 9.17) is 4.74 Å². The largest absolute Gasteiger partial charge is 0.370 e. The highest BCUT2D eigenvalue weighted by molar-refractivity contribution is 5.85. The van der Waals surface area contributed by atoms with Gasteiger partial charge in [0.05, 0.1) is 0 Å². The molecule has 1 fully saturated rings. The Labute approximate surface area is 74.3 Å². The molecule has 0 unspecified atom stereocenters. The minimum atomic E-state index is -0.102. The quantitative estimate of drug-likeness (QED) is 0.631. The van der Waals surface area contributed by atoms with E-state index >= 15 is 0 Å². The van der Waals surface area contributed by atoms with Crippen LogP contribution in [0.1, 0.15) is 33.6 Å². The summed E-state index contributed by atoms with van der Waals surface area (Å²) >= 11 is 0. The molecular formula is C10H18O2. The molecule has 1 rings (SSSR count). The number of hydrogen-bond acceptors (Lipinski definition) is 2. The fraction of sp³-hybridized carbons (Fsp3) is 0.900. The second kappa shape index (κ2) is 4.04. The lowest BCUT2D eigenvalue weighted by Crippen LogP contribution is -2.30. The molecule has 0 bridgehead atoms. The molecule has 0 aromatic carbocycles. The van der Waals surface area contributed by atoms with Gasteiger partial charge in [0, 0.05) is 12.5 Å². The van der Waals surface area contributed by atoms with Gasteiger partial charge in [0.15, 0.2) is 5.78 Å². The van der Waals surface area contributed by atoms with Crippen molar-refractivity contribution in [2.75, 3.05) is 6.61 Å². The molecular weight excluding hydrogens is 152 g/mol. The Balaban J connectivity index is 2.46. The fourth-order valence-electron chi connectivity index (χ4n) is 1.36. The maximum atomic E-state index is 11.6. The number of Topliss-reactive ketones (excluding diaryl/α,β-unsaturated/α-hetero) is 1. The molecule has 2 heteroatoms. The summed E-state index contributed by atoms with van der Waals surface area (Å²) in [6.07, 6.45) is 2.24. The minimum Gasteiger partial charge on any atom is -0.370 e. The number of carbonyl (C=O) groups is 1. The van der Waals surface area contributed by atoms with Gasteiger partial charge in [0.2, 0.25) is 0 Å². The molecule has 0 spiro atoms. The second-order valence-corrected chi connectivity index (χ2v) is 3.77. The predicted molar refractivity (Wildman–Crippen MR) is 48.0 cm³/mol. The number of hydrogen-bond donors (Lipinski definition) is 0. The number of rotatable bonds is 5. The van der Waals surface area contributed by atoms with Crippen LogP contribution in [0.3, 0.4) is 0 Å². The summed E-state index contributed by atoms with van der Waals surface area (Å²) < 4.78 is 5.44. The Bertz CT molecular complexity index is 159. The molecule has 0 heterocycles. The van der Waals surface area contributed by atoms with Crippen molar-refractivity contribution >= 4 is 5.78 Å². The predicted octanol–water partition coefficient (Wildman–Crippen LogP) is 2.03. The lowest BCUT2D eigenvalue weighted by Gasteiger charge is -2.16. The van der Waals surface area contributed by atoms with Gasteiger partial charge in [-0.3, -0.25) is 4.79 Å². The summed E-state index contributed by atoms with van der Waals surface area (Å²) in [6, 6.07) is 0. The highest BCUT2D eigenvalue weighted by Gasteiger charge is 2.37. The summed E-state index contributed by atoms with van der Waals surface area (Å²) in [7, 11) is 0. The molecule has 0 aliphatic heterocycles. The van der Waals surface area contributed by atoms with Crippen LogP contribution in [0.15, 0.2) is 0 Å². The molecule has 12 heavy (non-hydrogen) atoms. The van der Waals surface area contributed by atoms with Gasteiger partial charge in [-0.2, -0.15) is 0 Å². The molecule has 0 N–H and O–H groups in total. The molecule has 1 saturated carbocycles. The van der Waals surface area contributed by atoms with Gasteiger partial charge in [0.25, 0.3) is 0 Å². The Morgan fingerprint density at radius 1 is 1.50 bits per heavy atom. The van der Waals surface area contributed by atoms with Crippen LogP contribution in [0.25, 0.3) is 0 Å². The first-order valence-electron chi connectivity index (χ1n) is 4.82. The van der Waals surface area contributed by atoms with E-state index in [1.54, 1.807) is 0 Å². The molecule has 0 aromatic heterocycles. The summed E-state index contributed by atoms with van der Waals surface area (Å²) in [5.41, 5.74) is 0. The molecule has 1 aliphatic carbocycles. The summed E-state index contributed by atoms with van der Waals surface area (Å²) in [5.74, 6) is 0.918. The van der Waals surface area contributed by atoms with Crippen LogP contribution in [0.5, 0.6) is 0 Å². The molecule has 0 radical (unpaired) electrons. The number of ketones is 1.